The maximum Gasteiger partial charge on any atom is 0.283 e. The topological polar surface area (TPSA) is 85.2 Å². The molecule has 1 saturated heterocycles. The first kappa shape index (κ1) is 20.1. The summed E-state index contributed by atoms with van der Waals surface area (Å²) in [5.74, 6) is 1.26. The predicted molar refractivity (Wildman–Crippen MR) is 106 cm³/mol. The van der Waals surface area contributed by atoms with Gasteiger partial charge in [-0.2, -0.15) is 0 Å². The molecule has 9 heteroatoms. The van der Waals surface area contributed by atoms with Gasteiger partial charge in [-0.05, 0) is 24.6 Å². The van der Waals surface area contributed by atoms with Crippen LogP contribution in [0.25, 0.3) is 0 Å². The minimum Gasteiger partial charge on any atom is -0.493 e. The Balaban J connectivity index is 1.59. The van der Waals surface area contributed by atoms with Crippen molar-refractivity contribution >= 4 is 22.9 Å². The minimum atomic E-state index is -0.441. The Hall–Kier alpha value is -2.65. The molecule has 28 heavy (non-hydrogen) atoms. The zero-order valence-corrected chi connectivity index (χ0v) is 17.0. The number of nitro groups is 1. The summed E-state index contributed by atoms with van der Waals surface area (Å²) in [4.78, 5) is 28.3. The number of thiophene rings is 1. The summed E-state index contributed by atoms with van der Waals surface area (Å²) < 4.78 is 10.6. The van der Waals surface area contributed by atoms with Gasteiger partial charge >= 0.3 is 0 Å². The third kappa shape index (κ3) is 4.26. The molecule has 0 radical (unpaired) electrons. The third-order valence-corrected chi connectivity index (χ3v) is 5.84. The van der Waals surface area contributed by atoms with Gasteiger partial charge in [0.15, 0.2) is 11.5 Å². The maximum atomic E-state index is 12.7. The molecule has 150 valence electrons. The molecule has 1 fully saturated rings. The van der Waals surface area contributed by atoms with E-state index in [4.69, 9.17) is 9.47 Å². The van der Waals surface area contributed by atoms with Gasteiger partial charge < -0.3 is 14.4 Å². The number of aryl methyl sites for hydroxylation is 1. The Kier molecular flexibility index (Phi) is 6.15. The molecule has 0 spiro atoms. The number of hydrogen-bond donors (Lipinski definition) is 0. The summed E-state index contributed by atoms with van der Waals surface area (Å²) in [6.07, 6.45) is 0. The highest BCUT2D eigenvalue weighted by molar-refractivity contribution is 7.14. The Morgan fingerprint density at radius 2 is 1.82 bits per heavy atom. The summed E-state index contributed by atoms with van der Waals surface area (Å²) in [6, 6.07) is 7.24. The van der Waals surface area contributed by atoms with Gasteiger partial charge in [-0.25, -0.2) is 0 Å². The lowest BCUT2D eigenvalue weighted by atomic mass is 10.1. The smallest absolute Gasteiger partial charge is 0.283 e. The molecule has 2 heterocycles. The van der Waals surface area contributed by atoms with E-state index in [0.29, 0.717) is 34.3 Å². The molecule has 0 N–H and O–H groups in total. The Morgan fingerprint density at radius 1 is 1.14 bits per heavy atom. The summed E-state index contributed by atoms with van der Waals surface area (Å²) in [5, 5.41) is 11.0. The van der Waals surface area contributed by atoms with Crippen molar-refractivity contribution in [2.24, 2.45) is 0 Å². The first-order valence-corrected chi connectivity index (χ1v) is 9.72. The van der Waals surface area contributed by atoms with Crippen molar-refractivity contribution in [1.29, 1.82) is 0 Å². The molecule has 0 saturated carbocycles. The fraction of sp³-hybridized carbons (Fsp3) is 0.421. The highest BCUT2D eigenvalue weighted by atomic mass is 32.1. The average Bonchev–Trinajstić information content (AvgIpc) is 3.10. The molecule has 8 nitrogen and oxygen atoms in total. The fourth-order valence-corrected chi connectivity index (χ4v) is 4.22. The molecule has 2 aromatic rings. The normalized spacial score (nSPS) is 14.8. The largest absolute Gasteiger partial charge is 0.493 e. The number of methoxy groups -OCH3 is 2. The van der Waals surface area contributed by atoms with Gasteiger partial charge in [0.2, 0.25) is 0 Å². The standard InChI is InChI=1S/C19H23N3O5S/c1-13-15(22(24)25)11-18(28-13)19(23)21-8-6-20(7-9-21)12-14-4-5-16(26-2)17(10-14)27-3/h4-5,10-11H,6-9,12H2,1-3H3. The van der Waals surface area contributed by atoms with Crippen LogP contribution in [0.15, 0.2) is 24.3 Å². The second-order valence-electron chi connectivity index (χ2n) is 6.57. The van der Waals surface area contributed by atoms with Gasteiger partial charge in [0.05, 0.1) is 28.9 Å². The molecular weight excluding hydrogens is 382 g/mol. The van der Waals surface area contributed by atoms with E-state index in [1.54, 1.807) is 26.0 Å². The van der Waals surface area contributed by atoms with Crippen LogP contribution in [0.3, 0.4) is 0 Å². The SMILES string of the molecule is COc1ccc(CN2CCN(C(=O)c3cc([N+](=O)[O-])c(C)s3)CC2)cc1OC. The molecule has 1 amide bonds. The van der Waals surface area contributed by atoms with Crippen LogP contribution in [0.2, 0.25) is 0 Å². The lowest BCUT2D eigenvalue weighted by Gasteiger charge is -2.34. The van der Waals surface area contributed by atoms with Crippen molar-refractivity contribution in [3.63, 3.8) is 0 Å². The lowest BCUT2D eigenvalue weighted by Crippen LogP contribution is -2.48. The van der Waals surface area contributed by atoms with Crippen LogP contribution in [0, 0.1) is 17.0 Å². The van der Waals surface area contributed by atoms with E-state index >= 15 is 0 Å². The van der Waals surface area contributed by atoms with Gasteiger partial charge in [0, 0.05) is 38.8 Å². The maximum absolute atomic E-state index is 12.7. The Bertz CT molecular complexity index is 874. The quantitative estimate of drug-likeness (QED) is 0.543. The van der Waals surface area contributed by atoms with E-state index < -0.39 is 4.92 Å². The van der Waals surface area contributed by atoms with Gasteiger partial charge in [0.1, 0.15) is 0 Å². The number of amides is 1. The van der Waals surface area contributed by atoms with E-state index in [1.807, 2.05) is 18.2 Å². The van der Waals surface area contributed by atoms with Crippen LogP contribution in [0.4, 0.5) is 5.69 Å². The number of nitrogens with zero attached hydrogens (tertiary/aromatic N) is 3. The summed E-state index contributed by atoms with van der Waals surface area (Å²) >= 11 is 1.18. The number of ether oxygens (including phenoxy) is 2. The first-order chi connectivity index (χ1) is 13.4. The summed E-state index contributed by atoms with van der Waals surface area (Å²) in [6.45, 7) is 5.10. The molecule has 0 unspecified atom stereocenters. The van der Waals surface area contributed by atoms with Gasteiger partial charge in [-0.1, -0.05) is 6.07 Å². The second-order valence-corrected chi connectivity index (χ2v) is 7.82. The van der Waals surface area contributed by atoms with Gasteiger partial charge in [-0.3, -0.25) is 19.8 Å². The van der Waals surface area contributed by atoms with Crippen LogP contribution >= 0.6 is 11.3 Å². The number of benzene rings is 1. The Morgan fingerprint density at radius 3 is 2.39 bits per heavy atom. The molecule has 0 atom stereocenters. The van der Waals surface area contributed by atoms with Crippen LogP contribution in [-0.2, 0) is 6.54 Å². The van der Waals surface area contributed by atoms with Gasteiger partial charge in [-0.15, -0.1) is 11.3 Å². The van der Waals surface area contributed by atoms with Crippen molar-refractivity contribution in [1.82, 2.24) is 9.80 Å². The summed E-state index contributed by atoms with van der Waals surface area (Å²) in [5.41, 5.74) is 1.13. The van der Waals surface area contributed by atoms with Crippen LogP contribution in [0.5, 0.6) is 11.5 Å². The van der Waals surface area contributed by atoms with Crippen molar-refractivity contribution in [3.05, 3.63) is 49.7 Å². The molecule has 3 rings (SSSR count). The lowest BCUT2D eigenvalue weighted by molar-refractivity contribution is -0.385. The number of carbonyl (C=O) groups excluding carboxylic acids is 1. The van der Waals surface area contributed by atoms with Crippen LogP contribution < -0.4 is 9.47 Å². The molecule has 1 aliphatic rings. The molecule has 1 aromatic carbocycles. The number of piperazine rings is 1. The summed E-state index contributed by atoms with van der Waals surface area (Å²) in [7, 11) is 3.22. The van der Waals surface area contributed by atoms with Crippen molar-refractivity contribution in [3.8, 4) is 11.5 Å². The fourth-order valence-electron chi connectivity index (χ4n) is 3.26. The van der Waals surface area contributed by atoms with Crippen molar-refractivity contribution < 1.29 is 19.2 Å². The van der Waals surface area contributed by atoms with E-state index in [2.05, 4.69) is 4.90 Å². The second kappa shape index (κ2) is 8.57. The molecule has 1 aliphatic heterocycles. The highest BCUT2D eigenvalue weighted by Crippen LogP contribution is 2.30. The zero-order valence-electron chi connectivity index (χ0n) is 16.1. The number of hydrogen-bond acceptors (Lipinski definition) is 7. The van der Waals surface area contributed by atoms with E-state index in [-0.39, 0.29) is 11.6 Å². The van der Waals surface area contributed by atoms with Crippen molar-refractivity contribution in [2.45, 2.75) is 13.5 Å². The van der Waals surface area contributed by atoms with Crippen LogP contribution in [0.1, 0.15) is 20.1 Å². The molecule has 1 aromatic heterocycles. The average molecular weight is 405 g/mol. The van der Waals surface area contributed by atoms with E-state index in [9.17, 15) is 14.9 Å². The van der Waals surface area contributed by atoms with E-state index in [0.717, 1.165) is 25.2 Å². The highest BCUT2D eigenvalue weighted by Gasteiger charge is 2.26. The first-order valence-electron chi connectivity index (χ1n) is 8.90. The van der Waals surface area contributed by atoms with Gasteiger partial charge in [0.25, 0.3) is 11.6 Å². The zero-order chi connectivity index (χ0) is 20.3. The number of carbonyl (C=O) groups is 1. The van der Waals surface area contributed by atoms with Crippen LogP contribution in [-0.4, -0.2) is 61.0 Å². The molecule has 0 aliphatic carbocycles. The Labute approximate surface area is 167 Å². The molecule has 0 bridgehead atoms. The minimum absolute atomic E-state index is 0.0143. The third-order valence-electron chi connectivity index (χ3n) is 4.81. The molecular formula is C19H23N3O5S. The van der Waals surface area contributed by atoms with Crippen molar-refractivity contribution in [2.75, 3.05) is 40.4 Å². The monoisotopic (exact) mass is 405 g/mol. The van der Waals surface area contributed by atoms with E-state index in [1.165, 1.54) is 17.4 Å². The predicted octanol–water partition coefficient (Wildman–Crippen LogP) is 2.94. The number of rotatable bonds is 6.